The number of carbonyl (C=O) groups excluding carboxylic acids is 3. The highest BCUT2D eigenvalue weighted by Gasteiger charge is 2.45. The molecular formula is C28H33N3O3. The number of piperidine rings is 1. The van der Waals surface area contributed by atoms with Crippen molar-refractivity contribution in [2.75, 3.05) is 13.1 Å². The molecule has 5 rings (SSSR count). The number of benzene rings is 2. The Hall–Kier alpha value is -3.15. The fraction of sp³-hybridized carbons (Fsp3) is 0.464. The Kier molecular flexibility index (Phi) is 6.40. The molecule has 0 spiro atoms. The van der Waals surface area contributed by atoms with Gasteiger partial charge in [0.2, 0.25) is 5.91 Å². The molecule has 2 aromatic carbocycles. The Morgan fingerprint density at radius 2 is 1.59 bits per heavy atom. The van der Waals surface area contributed by atoms with E-state index in [0.29, 0.717) is 31.6 Å². The predicted octanol–water partition coefficient (Wildman–Crippen LogP) is 4.16. The topological polar surface area (TPSA) is 69.7 Å². The molecule has 6 nitrogen and oxygen atoms in total. The molecule has 1 saturated heterocycles. The molecule has 0 aromatic heterocycles. The first-order valence-electron chi connectivity index (χ1n) is 12.6. The minimum absolute atomic E-state index is 0.0264. The lowest BCUT2D eigenvalue weighted by Crippen LogP contribution is -2.54. The van der Waals surface area contributed by atoms with Gasteiger partial charge >= 0.3 is 0 Å². The third-order valence-corrected chi connectivity index (χ3v) is 7.84. The van der Waals surface area contributed by atoms with Crippen molar-refractivity contribution in [1.29, 1.82) is 0 Å². The van der Waals surface area contributed by atoms with Crippen LogP contribution in [0.5, 0.6) is 0 Å². The van der Waals surface area contributed by atoms with Crippen LogP contribution in [-0.2, 0) is 11.3 Å². The zero-order valence-electron chi connectivity index (χ0n) is 19.7. The van der Waals surface area contributed by atoms with Gasteiger partial charge in [-0.3, -0.25) is 14.4 Å². The number of hydrogen-bond donors (Lipinski definition) is 1. The summed E-state index contributed by atoms with van der Waals surface area (Å²) >= 11 is 0. The first-order valence-corrected chi connectivity index (χ1v) is 12.6. The smallest absolute Gasteiger partial charge is 0.254 e. The summed E-state index contributed by atoms with van der Waals surface area (Å²) in [5, 5.41) is 3.23. The van der Waals surface area contributed by atoms with Crippen LogP contribution in [0.4, 0.5) is 0 Å². The van der Waals surface area contributed by atoms with E-state index in [-0.39, 0.29) is 23.8 Å². The van der Waals surface area contributed by atoms with Crippen LogP contribution in [0.15, 0.2) is 54.6 Å². The summed E-state index contributed by atoms with van der Waals surface area (Å²) in [5.74, 6) is 0.148. The zero-order chi connectivity index (χ0) is 23.5. The zero-order valence-corrected chi connectivity index (χ0v) is 19.7. The van der Waals surface area contributed by atoms with Gasteiger partial charge in [-0.25, -0.2) is 0 Å². The van der Waals surface area contributed by atoms with Crippen molar-refractivity contribution in [2.24, 2.45) is 0 Å². The summed E-state index contributed by atoms with van der Waals surface area (Å²) in [6.07, 6.45) is 6.88. The summed E-state index contributed by atoms with van der Waals surface area (Å²) in [6, 6.07) is 17.2. The van der Waals surface area contributed by atoms with Crippen LogP contribution < -0.4 is 5.32 Å². The number of carbonyl (C=O) groups is 3. The molecule has 1 saturated carbocycles. The molecule has 2 aromatic rings. The first kappa shape index (κ1) is 22.6. The van der Waals surface area contributed by atoms with Crippen molar-refractivity contribution < 1.29 is 14.4 Å². The first-order chi connectivity index (χ1) is 16.6. The van der Waals surface area contributed by atoms with Crippen molar-refractivity contribution in [3.63, 3.8) is 0 Å². The van der Waals surface area contributed by atoms with E-state index >= 15 is 0 Å². The Balaban J connectivity index is 1.20. The van der Waals surface area contributed by atoms with E-state index in [0.717, 1.165) is 56.1 Å². The van der Waals surface area contributed by atoms with E-state index in [1.807, 2.05) is 64.4 Å². The number of nitrogens with one attached hydrogen (secondary N) is 1. The van der Waals surface area contributed by atoms with Crippen LogP contribution in [0.2, 0.25) is 0 Å². The molecule has 2 fully saturated rings. The van der Waals surface area contributed by atoms with E-state index in [1.165, 1.54) is 0 Å². The van der Waals surface area contributed by atoms with Gasteiger partial charge in [0.25, 0.3) is 11.8 Å². The lowest BCUT2D eigenvalue weighted by Gasteiger charge is -2.44. The van der Waals surface area contributed by atoms with Gasteiger partial charge < -0.3 is 15.1 Å². The lowest BCUT2D eigenvalue weighted by molar-refractivity contribution is -0.125. The van der Waals surface area contributed by atoms with Gasteiger partial charge in [-0.15, -0.1) is 0 Å². The Morgan fingerprint density at radius 1 is 0.912 bits per heavy atom. The van der Waals surface area contributed by atoms with Crippen molar-refractivity contribution >= 4 is 17.7 Å². The number of hydrogen-bond acceptors (Lipinski definition) is 3. The van der Waals surface area contributed by atoms with Crippen molar-refractivity contribution in [2.45, 2.75) is 69.5 Å². The monoisotopic (exact) mass is 459 g/mol. The highest BCUT2D eigenvalue weighted by Crippen LogP contribution is 2.41. The van der Waals surface area contributed by atoms with Crippen molar-refractivity contribution in [1.82, 2.24) is 15.1 Å². The standard InChI is InChI=1S/C28H33N3O3/c32-25(29-23-13-17-30(18-14-23)26(33)21-9-3-1-4-10-21)19-28(15-7-2-8-16-28)31-20-22-11-5-6-12-24(22)27(31)34/h1,3-6,9-12,23H,2,7-8,13-20H2,(H,29,32). The molecule has 0 radical (unpaired) electrons. The molecular weight excluding hydrogens is 426 g/mol. The molecule has 0 bridgehead atoms. The predicted molar refractivity (Wildman–Crippen MR) is 130 cm³/mol. The number of fused-ring (bicyclic) bond motifs is 1. The van der Waals surface area contributed by atoms with Crippen LogP contribution in [0, 0.1) is 0 Å². The fourth-order valence-corrected chi connectivity index (χ4v) is 5.96. The molecule has 0 unspecified atom stereocenters. The van der Waals surface area contributed by atoms with Crippen LogP contribution in [0.25, 0.3) is 0 Å². The Labute approximate surface area is 201 Å². The van der Waals surface area contributed by atoms with E-state index in [9.17, 15) is 14.4 Å². The van der Waals surface area contributed by atoms with Gasteiger partial charge in [0, 0.05) is 43.2 Å². The van der Waals surface area contributed by atoms with Gasteiger partial charge in [0.05, 0.1) is 5.54 Å². The van der Waals surface area contributed by atoms with Crippen molar-refractivity contribution in [3.05, 3.63) is 71.3 Å². The van der Waals surface area contributed by atoms with E-state index in [1.54, 1.807) is 0 Å². The number of amides is 3. The van der Waals surface area contributed by atoms with Gasteiger partial charge in [0.1, 0.15) is 0 Å². The van der Waals surface area contributed by atoms with E-state index in [4.69, 9.17) is 0 Å². The third-order valence-electron chi connectivity index (χ3n) is 7.84. The minimum Gasteiger partial charge on any atom is -0.353 e. The molecule has 1 aliphatic carbocycles. The summed E-state index contributed by atoms with van der Waals surface area (Å²) in [4.78, 5) is 43.0. The number of likely N-dealkylation sites (tertiary alicyclic amines) is 1. The second-order valence-corrected chi connectivity index (χ2v) is 10.0. The van der Waals surface area contributed by atoms with Crippen LogP contribution in [-0.4, -0.2) is 52.2 Å². The van der Waals surface area contributed by atoms with Gasteiger partial charge in [-0.1, -0.05) is 55.7 Å². The summed E-state index contributed by atoms with van der Waals surface area (Å²) in [7, 11) is 0. The molecule has 0 atom stereocenters. The minimum atomic E-state index is -0.400. The quantitative estimate of drug-likeness (QED) is 0.730. The maximum atomic E-state index is 13.2. The molecule has 2 heterocycles. The number of nitrogens with zero attached hydrogens (tertiary/aromatic N) is 2. The lowest BCUT2D eigenvalue weighted by atomic mass is 9.77. The van der Waals surface area contributed by atoms with Crippen molar-refractivity contribution in [3.8, 4) is 0 Å². The molecule has 178 valence electrons. The van der Waals surface area contributed by atoms with Crippen LogP contribution >= 0.6 is 0 Å². The molecule has 34 heavy (non-hydrogen) atoms. The van der Waals surface area contributed by atoms with Crippen LogP contribution in [0.1, 0.15) is 77.6 Å². The largest absolute Gasteiger partial charge is 0.353 e. The Morgan fingerprint density at radius 3 is 2.29 bits per heavy atom. The average molecular weight is 460 g/mol. The van der Waals surface area contributed by atoms with E-state index < -0.39 is 5.54 Å². The molecule has 6 heteroatoms. The number of rotatable bonds is 5. The van der Waals surface area contributed by atoms with E-state index in [2.05, 4.69) is 5.32 Å². The molecule has 2 aliphatic heterocycles. The summed E-state index contributed by atoms with van der Waals surface area (Å²) in [5.41, 5.74) is 2.15. The second-order valence-electron chi connectivity index (χ2n) is 10.0. The summed E-state index contributed by atoms with van der Waals surface area (Å²) in [6.45, 7) is 1.88. The summed E-state index contributed by atoms with van der Waals surface area (Å²) < 4.78 is 0. The second kappa shape index (κ2) is 9.61. The maximum Gasteiger partial charge on any atom is 0.254 e. The van der Waals surface area contributed by atoms with Gasteiger partial charge in [0.15, 0.2) is 0 Å². The molecule has 1 N–H and O–H groups in total. The average Bonchev–Trinajstić information content (AvgIpc) is 3.22. The molecule has 3 aliphatic rings. The fourth-order valence-electron chi connectivity index (χ4n) is 5.96. The highest BCUT2D eigenvalue weighted by atomic mass is 16.2. The Bertz CT molecular complexity index is 1050. The maximum absolute atomic E-state index is 13.2. The normalized spacial score (nSPS) is 20.2. The third kappa shape index (κ3) is 4.46. The van der Waals surface area contributed by atoms with Gasteiger partial charge in [-0.05, 0) is 49.4 Å². The van der Waals surface area contributed by atoms with Crippen LogP contribution in [0.3, 0.4) is 0 Å². The van der Waals surface area contributed by atoms with Gasteiger partial charge in [-0.2, -0.15) is 0 Å². The highest BCUT2D eigenvalue weighted by molar-refractivity contribution is 5.99. The molecule has 3 amide bonds. The SMILES string of the molecule is O=C(CC1(N2Cc3ccccc3C2=O)CCCCC1)NC1CCN(C(=O)c2ccccc2)CC1.